The summed E-state index contributed by atoms with van der Waals surface area (Å²) >= 11 is 0. The van der Waals surface area contributed by atoms with E-state index >= 15 is 0 Å². The smallest absolute Gasteiger partial charge is 0.165 e. The molecule has 0 atom stereocenters. The van der Waals surface area contributed by atoms with Crippen molar-refractivity contribution in [3.05, 3.63) is 95.1 Å². The molecule has 0 heterocycles. The molecule has 0 bridgehead atoms. The SMILES string of the molecule is COc1cccc(CNCc2ccccc2C)c1OCCc1ccccc1. The predicted octanol–water partition coefficient (Wildman–Crippen LogP) is 4.91. The lowest BCUT2D eigenvalue weighted by Crippen LogP contribution is -2.15. The van der Waals surface area contributed by atoms with Crippen LogP contribution < -0.4 is 14.8 Å². The Morgan fingerprint density at radius 1 is 0.778 bits per heavy atom. The molecule has 0 saturated carbocycles. The van der Waals surface area contributed by atoms with Crippen molar-refractivity contribution < 1.29 is 9.47 Å². The molecule has 0 aliphatic heterocycles. The standard InChI is InChI=1S/C24H27NO2/c1-19-9-6-7-12-21(19)17-25-18-22-13-8-14-23(26-2)24(22)27-16-15-20-10-4-3-5-11-20/h3-14,25H,15-18H2,1-2H3. The van der Waals surface area contributed by atoms with Gasteiger partial charge in [0.05, 0.1) is 13.7 Å². The third-order valence-electron chi connectivity index (χ3n) is 4.65. The molecular formula is C24H27NO2. The van der Waals surface area contributed by atoms with Gasteiger partial charge in [0, 0.05) is 25.1 Å². The van der Waals surface area contributed by atoms with Gasteiger partial charge in [-0.15, -0.1) is 0 Å². The first kappa shape index (κ1) is 19.0. The molecule has 0 unspecified atom stereocenters. The van der Waals surface area contributed by atoms with Crippen molar-refractivity contribution in [2.45, 2.75) is 26.4 Å². The van der Waals surface area contributed by atoms with Crippen molar-refractivity contribution >= 4 is 0 Å². The summed E-state index contributed by atoms with van der Waals surface area (Å²) < 4.78 is 11.6. The molecule has 3 aromatic carbocycles. The Labute approximate surface area is 162 Å². The molecule has 3 nitrogen and oxygen atoms in total. The lowest BCUT2D eigenvalue weighted by Gasteiger charge is -2.16. The number of hydrogen-bond acceptors (Lipinski definition) is 3. The van der Waals surface area contributed by atoms with E-state index in [-0.39, 0.29) is 0 Å². The third-order valence-corrected chi connectivity index (χ3v) is 4.65. The van der Waals surface area contributed by atoms with E-state index < -0.39 is 0 Å². The van der Waals surface area contributed by atoms with E-state index in [0.29, 0.717) is 6.61 Å². The first-order valence-electron chi connectivity index (χ1n) is 9.35. The highest BCUT2D eigenvalue weighted by molar-refractivity contribution is 5.46. The van der Waals surface area contributed by atoms with Crippen LogP contribution in [0.1, 0.15) is 22.3 Å². The minimum Gasteiger partial charge on any atom is -0.493 e. The number of ether oxygens (including phenoxy) is 2. The molecule has 140 valence electrons. The van der Waals surface area contributed by atoms with Gasteiger partial charge in [0.1, 0.15) is 0 Å². The summed E-state index contributed by atoms with van der Waals surface area (Å²) in [5, 5.41) is 3.52. The highest BCUT2D eigenvalue weighted by Crippen LogP contribution is 2.31. The molecule has 0 fully saturated rings. The summed E-state index contributed by atoms with van der Waals surface area (Å²) in [4.78, 5) is 0. The van der Waals surface area contributed by atoms with Crippen LogP contribution in [-0.2, 0) is 19.5 Å². The van der Waals surface area contributed by atoms with Crippen molar-refractivity contribution in [3.63, 3.8) is 0 Å². The largest absolute Gasteiger partial charge is 0.493 e. The molecule has 0 radical (unpaired) electrons. The molecule has 3 aromatic rings. The highest BCUT2D eigenvalue weighted by Gasteiger charge is 2.11. The van der Waals surface area contributed by atoms with Crippen molar-refractivity contribution in [2.24, 2.45) is 0 Å². The van der Waals surface area contributed by atoms with Crippen LogP contribution in [0.2, 0.25) is 0 Å². The Balaban J connectivity index is 1.63. The van der Waals surface area contributed by atoms with E-state index in [2.05, 4.69) is 66.8 Å². The average Bonchev–Trinajstić information content (AvgIpc) is 2.71. The predicted molar refractivity (Wildman–Crippen MR) is 110 cm³/mol. The molecule has 3 rings (SSSR count). The minimum absolute atomic E-state index is 0.620. The maximum atomic E-state index is 6.12. The quantitative estimate of drug-likeness (QED) is 0.587. The number of nitrogens with one attached hydrogen (secondary N) is 1. The molecule has 27 heavy (non-hydrogen) atoms. The molecule has 0 aliphatic rings. The molecule has 0 amide bonds. The van der Waals surface area contributed by atoms with E-state index in [1.165, 1.54) is 16.7 Å². The Hall–Kier alpha value is -2.78. The monoisotopic (exact) mass is 361 g/mol. The van der Waals surface area contributed by atoms with Gasteiger partial charge in [-0.05, 0) is 29.7 Å². The van der Waals surface area contributed by atoms with Crippen LogP contribution >= 0.6 is 0 Å². The Morgan fingerprint density at radius 3 is 2.26 bits per heavy atom. The fraction of sp³-hybridized carbons (Fsp3) is 0.250. The van der Waals surface area contributed by atoms with Gasteiger partial charge in [-0.2, -0.15) is 0 Å². The van der Waals surface area contributed by atoms with Crippen molar-refractivity contribution in [3.8, 4) is 11.5 Å². The second-order valence-electron chi connectivity index (χ2n) is 6.56. The van der Waals surface area contributed by atoms with Crippen molar-refractivity contribution in [1.82, 2.24) is 5.32 Å². The van der Waals surface area contributed by atoms with Crippen LogP contribution in [0.4, 0.5) is 0 Å². The van der Waals surface area contributed by atoms with Crippen LogP contribution in [0, 0.1) is 6.92 Å². The summed E-state index contributed by atoms with van der Waals surface area (Å²) in [5.41, 5.74) is 4.99. The lowest BCUT2D eigenvalue weighted by molar-refractivity contribution is 0.293. The Bertz CT molecular complexity index is 846. The maximum Gasteiger partial charge on any atom is 0.165 e. The van der Waals surface area contributed by atoms with Crippen LogP contribution in [0.25, 0.3) is 0 Å². The van der Waals surface area contributed by atoms with Crippen LogP contribution in [-0.4, -0.2) is 13.7 Å². The third kappa shape index (κ3) is 5.35. The number of aryl methyl sites for hydroxylation is 1. The van der Waals surface area contributed by atoms with E-state index in [4.69, 9.17) is 9.47 Å². The minimum atomic E-state index is 0.620. The zero-order valence-electron chi connectivity index (χ0n) is 16.1. The molecule has 0 saturated heterocycles. The van der Waals surface area contributed by atoms with E-state index in [9.17, 15) is 0 Å². The normalized spacial score (nSPS) is 10.6. The zero-order chi connectivity index (χ0) is 18.9. The lowest BCUT2D eigenvalue weighted by atomic mass is 10.1. The van der Waals surface area contributed by atoms with Crippen molar-refractivity contribution in [2.75, 3.05) is 13.7 Å². The van der Waals surface area contributed by atoms with Gasteiger partial charge in [0.25, 0.3) is 0 Å². The summed E-state index contributed by atoms with van der Waals surface area (Å²) in [6.45, 7) is 4.31. The summed E-state index contributed by atoms with van der Waals surface area (Å²) in [5.74, 6) is 1.60. The van der Waals surface area contributed by atoms with E-state index in [1.807, 2.05) is 18.2 Å². The van der Waals surface area contributed by atoms with E-state index in [1.54, 1.807) is 7.11 Å². The summed E-state index contributed by atoms with van der Waals surface area (Å²) in [7, 11) is 1.68. The molecular weight excluding hydrogens is 334 g/mol. The highest BCUT2D eigenvalue weighted by atomic mass is 16.5. The number of para-hydroxylation sites is 1. The van der Waals surface area contributed by atoms with Gasteiger partial charge >= 0.3 is 0 Å². The molecule has 0 aliphatic carbocycles. The fourth-order valence-corrected chi connectivity index (χ4v) is 3.08. The Kier molecular flexibility index (Phi) is 6.89. The summed E-state index contributed by atoms with van der Waals surface area (Å²) in [6.07, 6.45) is 0.870. The number of benzene rings is 3. The topological polar surface area (TPSA) is 30.5 Å². The second-order valence-corrected chi connectivity index (χ2v) is 6.56. The van der Waals surface area contributed by atoms with Crippen LogP contribution in [0.15, 0.2) is 72.8 Å². The zero-order valence-corrected chi connectivity index (χ0v) is 16.1. The summed E-state index contributed by atoms with van der Waals surface area (Å²) in [6, 6.07) is 24.9. The number of methoxy groups -OCH3 is 1. The van der Waals surface area contributed by atoms with Gasteiger partial charge in [-0.3, -0.25) is 0 Å². The molecule has 0 aromatic heterocycles. The second kappa shape index (κ2) is 9.79. The molecule has 0 spiro atoms. The molecule has 3 heteroatoms. The average molecular weight is 361 g/mol. The number of hydrogen-bond donors (Lipinski definition) is 1. The van der Waals surface area contributed by atoms with E-state index in [0.717, 1.165) is 36.6 Å². The Morgan fingerprint density at radius 2 is 1.48 bits per heavy atom. The van der Waals surface area contributed by atoms with Gasteiger partial charge in [-0.25, -0.2) is 0 Å². The maximum absolute atomic E-state index is 6.12. The van der Waals surface area contributed by atoms with Gasteiger partial charge < -0.3 is 14.8 Å². The van der Waals surface area contributed by atoms with Crippen LogP contribution in [0.3, 0.4) is 0 Å². The van der Waals surface area contributed by atoms with Crippen molar-refractivity contribution in [1.29, 1.82) is 0 Å². The first-order chi connectivity index (χ1) is 13.3. The van der Waals surface area contributed by atoms with Crippen LogP contribution in [0.5, 0.6) is 11.5 Å². The van der Waals surface area contributed by atoms with Gasteiger partial charge in [0.2, 0.25) is 0 Å². The van der Waals surface area contributed by atoms with Gasteiger partial charge in [-0.1, -0.05) is 66.7 Å². The van der Waals surface area contributed by atoms with Gasteiger partial charge in [0.15, 0.2) is 11.5 Å². The molecule has 1 N–H and O–H groups in total. The fourth-order valence-electron chi connectivity index (χ4n) is 3.08. The first-order valence-corrected chi connectivity index (χ1v) is 9.35. The number of rotatable bonds is 9.